The molecule has 1 saturated heterocycles. The number of aryl methyl sites for hydroxylation is 1. The van der Waals surface area contributed by atoms with E-state index in [9.17, 15) is 19.2 Å². The molecule has 1 atom stereocenters. The van der Waals surface area contributed by atoms with E-state index in [1.165, 1.54) is 12.4 Å². The largest absolute Gasteiger partial charge is 0.451 e. The Morgan fingerprint density at radius 2 is 1.90 bits per heavy atom. The van der Waals surface area contributed by atoms with Crippen molar-refractivity contribution in [3.8, 4) is 0 Å². The highest BCUT2D eigenvalue weighted by Gasteiger charge is 2.52. The summed E-state index contributed by atoms with van der Waals surface area (Å²) in [5.41, 5.74) is 2.05. The third-order valence-corrected chi connectivity index (χ3v) is 4.45. The molecule has 2 aromatic rings. The number of esters is 1. The fraction of sp³-hybridized carbons (Fsp3) is 0.263. The van der Waals surface area contributed by atoms with Crippen molar-refractivity contribution in [3.05, 3.63) is 59.7 Å². The van der Waals surface area contributed by atoms with E-state index in [4.69, 9.17) is 4.74 Å². The summed E-state index contributed by atoms with van der Waals surface area (Å²) >= 11 is 0. The van der Waals surface area contributed by atoms with Gasteiger partial charge in [0.1, 0.15) is 5.54 Å². The topological polar surface area (TPSA) is 131 Å². The molecule has 10 heteroatoms. The van der Waals surface area contributed by atoms with E-state index in [1.54, 1.807) is 44.2 Å². The van der Waals surface area contributed by atoms with Crippen LogP contribution in [-0.2, 0) is 19.9 Å². The van der Waals surface area contributed by atoms with E-state index < -0.39 is 36.0 Å². The molecule has 10 nitrogen and oxygen atoms in total. The van der Waals surface area contributed by atoms with Gasteiger partial charge in [0.15, 0.2) is 12.3 Å². The molecule has 2 N–H and O–H groups in total. The number of hydrazine groups is 1. The predicted octanol–water partition coefficient (Wildman–Crippen LogP) is 0.830. The summed E-state index contributed by atoms with van der Waals surface area (Å²) in [6, 6.07) is 7.96. The first-order valence-corrected chi connectivity index (χ1v) is 8.85. The monoisotopic (exact) mass is 397 g/mol. The number of hydrogen-bond acceptors (Lipinski definition) is 7. The van der Waals surface area contributed by atoms with Crippen molar-refractivity contribution >= 4 is 23.8 Å². The fourth-order valence-electron chi connectivity index (χ4n) is 2.90. The van der Waals surface area contributed by atoms with Crippen LogP contribution >= 0.6 is 0 Å². The molecule has 29 heavy (non-hydrogen) atoms. The molecule has 0 saturated carbocycles. The lowest BCUT2D eigenvalue weighted by molar-refractivity contribution is -0.140. The summed E-state index contributed by atoms with van der Waals surface area (Å²) in [6.45, 7) is 2.76. The normalized spacial score (nSPS) is 18.3. The Morgan fingerprint density at radius 1 is 1.17 bits per heavy atom. The molecule has 1 aromatic heterocycles. The van der Waals surface area contributed by atoms with Crippen LogP contribution in [0, 0.1) is 6.92 Å². The van der Waals surface area contributed by atoms with E-state index in [1.807, 2.05) is 0 Å². The van der Waals surface area contributed by atoms with Gasteiger partial charge in [-0.2, -0.15) is 5.01 Å². The maximum absolute atomic E-state index is 12.9. The molecular formula is C19H19N5O5. The Hall–Kier alpha value is -3.82. The summed E-state index contributed by atoms with van der Waals surface area (Å²) < 4.78 is 4.85. The van der Waals surface area contributed by atoms with E-state index in [2.05, 4.69) is 20.7 Å². The molecule has 150 valence electrons. The molecule has 3 rings (SSSR count). The zero-order valence-electron chi connectivity index (χ0n) is 15.8. The van der Waals surface area contributed by atoms with E-state index >= 15 is 0 Å². The number of benzene rings is 1. The van der Waals surface area contributed by atoms with Gasteiger partial charge in [-0.1, -0.05) is 37.3 Å². The SMILES string of the molecule is CC[C@@]1(c2ccccc2)NC(=O)N(NC(=O)COC(=O)c2cnc(C)cn2)C1=O. The fourth-order valence-corrected chi connectivity index (χ4v) is 2.90. The second kappa shape index (κ2) is 8.05. The predicted molar refractivity (Wildman–Crippen MR) is 99.0 cm³/mol. The van der Waals surface area contributed by atoms with Crippen LogP contribution in [0.2, 0.25) is 0 Å². The highest BCUT2D eigenvalue weighted by molar-refractivity contribution is 6.08. The number of rotatable bonds is 6. The average molecular weight is 397 g/mol. The van der Waals surface area contributed by atoms with Gasteiger partial charge in [0, 0.05) is 6.20 Å². The third kappa shape index (κ3) is 3.91. The smallest absolute Gasteiger partial charge is 0.359 e. The van der Waals surface area contributed by atoms with Crippen LogP contribution in [0.1, 0.15) is 35.1 Å². The number of nitrogens with zero attached hydrogens (tertiary/aromatic N) is 3. The van der Waals surface area contributed by atoms with Crippen LogP contribution in [0.25, 0.3) is 0 Å². The first-order valence-electron chi connectivity index (χ1n) is 8.85. The van der Waals surface area contributed by atoms with Gasteiger partial charge in [-0.15, -0.1) is 0 Å². The van der Waals surface area contributed by atoms with Crippen LogP contribution < -0.4 is 10.7 Å². The Bertz CT molecular complexity index is 947. The van der Waals surface area contributed by atoms with Crippen molar-refractivity contribution in [1.29, 1.82) is 0 Å². The van der Waals surface area contributed by atoms with Gasteiger partial charge in [0.25, 0.3) is 11.8 Å². The zero-order chi connectivity index (χ0) is 21.0. The lowest BCUT2D eigenvalue weighted by Gasteiger charge is -2.25. The third-order valence-electron chi connectivity index (χ3n) is 4.45. The molecule has 0 radical (unpaired) electrons. The molecule has 0 bridgehead atoms. The van der Waals surface area contributed by atoms with Gasteiger partial charge in [-0.25, -0.2) is 14.6 Å². The second-order valence-corrected chi connectivity index (χ2v) is 6.35. The first-order chi connectivity index (χ1) is 13.9. The van der Waals surface area contributed by atoms with Crippen LogP contribution in [-0.4, -0.2) is 45.4 Å². The number of nitrogens with one attached hydrogen (secondary N) is 2. The molecule has 1 aliphatic rings. The van der Waals surface area contributed by atoms with Gasteiger partial charge in [0.2, 0.25) is 0 Å². The zero-order valence-corrected chi connectivity index (χ0v) is 15.8. The lowest BCUT2D eigenvalue weighted by atomic mass is 9.87. The molecule has 1 aliphatic heterocycles. The second-order valence-electron chi connectivity index (χ2n) is 6.35. The van der Waals surface area contributed by atoms with Crippen LogP contribution in [0.4, 0.5) is 4.79 Å². The quantitative estimate of drug-likeness (QED) is 0.545. The minimum atomic E-state index is -1.28. The highest BCUT2D eigenvalue weighted by atomic mass is 16.5. The van der Waals surface area contributed by atoms with Crippen LogP contribution in [0.5, 0.6) is 0 Å². The number of imide groups is 1. The van der Waals surface area contributed by atoms with Gasteiger partial charge < -0.3 is 10.1 Å². The van der Waals surface area contributed by atoms with Crippen LogP contribution in [0.3, 0.4) is 0 Å². The number of urea groups is 1. The molecule has 0 unspecified atom stereocenters. The van der Waals surface area contributed by atoms with Gasteiger partial charge in [0.05, 0.1) is 11.9 Å². The summed E-state index contributed by atoms with van der Waals surface area (Å²) in [6.07, 6.45) is 2.90. The molecule has 0 spiro atoms. The maximum Gasteiger partial charge on any atom is 0.359 e. The average Bonchev–Trinajstić information content (AvgIpc) is 2.98. The number of aromatic nitrogens is 2. The standard InChI is InChI=1S/C19H19N5O5/c1-3-19(13-7-5-4-6-8-13)17(27)24(18(28)22-19)23-15(25)11-29-16(26)14-10-20-12(2)9-21-14/h4-10H,3,11H2,1-2H3,(H,22,28)(H,23,25)/t19-/m0/s1. The van der Waals surface area contributed by atoms with Crippen molar-refractivity contribution in [2.45, 2.75) is 25.8 Å². The molecular weight excluding hydrogens is 378 g/mol. The van der Waals surface area contributed by atoms with Gasteiger partial charge in [-0.3, -0.25) is 20.0 Å². The van der Waals surface area contributed by atoms with Gasteiger partial charge >= 0.3 is 12.0 Å². The molecule has 4 amide bonds. The van der Waals surface area contributed by atoms with Crippen molar-refractivity contribution in [2.75, 3.05) is 6.61 Å². The molecule has 1 aromatic carbocycles. The summed E-state index contributed by atoms with van der Waals surface area (Å²) in [4.78, 5) is 57.0. The molecule has 1 fully saturated rings. The Labute approximate surface area is 166 Å². The molecule has 0 aliphatic carbocycles. The number of carbonyl (C=O) groups excluding carboxylic acids is 4. The summed E-state index contributed by atoms with van der Waals surface area (Å²) in [5, 5.41) is 3.23. The van der Waals surface area contributed by atoms with Crippen molar-refractivity contribution in [2.24, 2.45) is 0 Å². The Kier molecular flexibility index (Phi) is 5.53. The number of hydrogen-bond donors (Lipinski definition) is 2. The van der Waals surface area contributed by atoms with Crippen molar-refractivity contribution in [3.63, 3.8) is 0 Å². The van der Waals surface area contributed by atoms with E-state index in [-0.39, 0.29) is 12.1 Å². The minimum absolute atomic E-state index is 0.0625. The van der Waals surface area contributed by atoms with Crippen molar-refractivity contribution < 1.29 is 23.9 Å². The Morgan fingerprint density at radius 3 is 2.52 bits per heavy atom. The molecule has 2 heterocycles. The van der Waals surface area contributed by atoms with Crippen LogP contribution in [0.15, 0.2) is 42.7 Å². The maximum atomic E-state index is 12.9. The highest BCUT2D eigenvalue weighted by Crippen LogP contribution is 2.31. The number of amides is 4. The lowest BCUT2D eigenvalue weighted by Crippen LogP contribution is -2.49. The Balaban J connectivity index is 1.64. The number of ether oxygens (including phenoxy) is 1. The summed E-state index contributed by atoms with van der Waals surface area (Å²) in [7, 11) is 0. The van der Waals surface area contributed by atoms with E-state index in [0.29, 0.717) is 16.3 Å². The van der Waals surface area contributed by atoms with Crippen molar-refractivity contribution in [1.82, 2.24) is 25.7 Å². The summed E-state index contributed by atoms with van der Waals surface area (Å²) in [5.74, 6) is -2.32. The first kappa shape index (κ1) is 19.9. The minimum Gasteiger partial charge on any atom is -0.451 e. The van der Waals surface area contributed by atoms with E-state index in [0.717, 1.165) is 0 Å². The number of carbonyl (C=O) groups is 4. The van der Waals surface area contributed by atoms with Gasteiger partial charge in [-0.05, 0) is 18.9 Å².